The van der Waals surface area contributed by atoms with E-state index in [1.165, 1.54) is 12.1 Å². The van der Waals surface area contributed by atoms with E-state index in [-0.39, 0.29) is 30.2 Å². The monoisotopic (exact) mass is 554 g/mol. The van der Waals surface area contributed by atoms with E-state index in [0.29, 0.717) is 62.2 Å². The van der Waals surface area contributed by atoms with Crippen LogP contribution < -0.4 is 9.47 Å². The van der Waals surface area contributed by atoms with Gasteiger partial charge in [-0.15, -0.1) is 0 Å². The molecule has 8 heteroatoms. The first-order valence-electron chi connectivity index (χ1n) is 14.7. The van der Waals surface area contributed by atoms with Crippen molar-refractivity contribution in [3.8, 4) is 17.2 Å². The average Bonchev–Trinajstić information content (AvgIpc) is 2.93. The summed E-state index contributed by atoms with van der Waals surface area (Å²) < 4.78 is 25.7. The van der Waals surface area contributed by atoms with Gasteiger partial charge in [0.15, 0.2) is 0 Å². The Morgan fingerprint density at radius 3 is 2.17 bits per heavy atom. The lowest BCUT2D eigenvalue weighted by molar-refractivity contribution is -0.135. The molecule has 0 radical (unpaired) electrons. The topological polar surface area (TPSA) is 79.3 Å². The minimum absolute atomic E-state index is 0.00392. The Morgan fingerprint density at radius 1 is 0.950 bits per heavy atom. The van der Waals surface area contributed by atoms with E-state index >= 15 is 0 Å². The van der Waals surface area contributed by atoms with Crippen LogP contribution in [0, 0.1) is 11.7 Å². The zero-order valence-corrected chi connectivity index (χ0v) is 24.0. The summed E-state index contributed by atoms with van der Waals surface area (Å²) in [5.41, 5.74) is 0.0636. The Hall–Kier alpha value is -3.13. The summed E-state index contributed by atoms with van der Waals surface area (Å²) in [6.45, 7) is 8.29. The molecule has 0 spiro atoms. The van der Waals surface area contributed by atoms with Crippen molar-refractivity contribution in [3.05, 3.63) is 53.8 Å². The molecule has 4 rings (SSSR count). The van der Waals surface area contributed by atoms with Gasteiger partial charge in [-0.2, -0.15) is 0 Å². The van der Waals surface area contributed by atoms with Gasteiger partial charge in [0.05, 0.1) is 12.0 Å². The highest BCUT2D eigenvalue weighted by Gasteiger charge is 2.35. The smallest absolute Gasteiger partial charge is 0.226 e. The van der Waals surface area contributed by atoms with Gasteiger partial charge in [0.2, 0.25) is 11.8 Å². The molecule has 0 aliphatic carbocycles. The van der Waals surface area contributed by atoms with Gasteiger partial charge >= 0.3 is 0 Å². The summed E-state index contributed by atoms with van der Waals surface area (Å²) in [6, 6.07) is 11.3. The van der Waals surface area contributed by atoms with Crippen molar-refractivity contribution < 1.29 is 28.6 Å². The lowest BCUT2D eigenvalue weighted by Crippen LogP contribution is -2.47. The van der Waals surface area contributed by atoms with Crippen molar-refractivity contribution in [1.29, 1.82) is 0 Å². The van der Waals surface area contributed by atoms with E-state index in [1.54, 1.807) is 25.1 Å². The molecule has 0 atom stereocenters. The number of carbonyl (C=O) groups excluding carboxylic acids is 2. The van der Waals surface area contributed by atoms with Crippen LogP contribution in [0.3, 0.4) is 0 Å². The molecule has 40 heavy (non-hydrogen) atoms. The number of halogens is 1. The third kappa shape index (κ3) is 8.19. The van der Waals surface area contributed by atoms with Gasteiger partial charge in [-0.1, -0.05) is 26.7 Å². The van der Waals surface area contributed by atoms with Crippen LogP contribution in [-0.4, -0.2) is 64.6 Å². The predicted octanol–water partition coefficient (Wildman–Crippen LogP) is 5.73. The van der Waals surface area contributed by atoms with Crippen LogP contribution in [0.4, 0.5) is 4.39 Å². The number of benzene rings is 2. The fourth-order valence-corrected chi connectivity index (χ4v) is 5.76. The summed E-state index contributed by atoms with van der Waals surface area (Å²) >= 11 is 0. The fourth-order valence-electron chi connectivity index (χ4n) is 5.76. The molecule has 2 aromatic rings. The average molecular weight is 555 g/mol. The number of hydrogen-bond donors (Lipinski definition) is 1. The molecule has 2 aromatic carbocycles. The standard InChI is InChI=1S/C32H43FN2O5/c1-4-24(5-2)22-32(38)12-16-35(17-13-32)31(37)20-25-18-29(39-27-8-6-26(33)7-9-27)21-30(19-25)40-28-10-14-34(15-11-28)23(3)36/h6-9,18-19,21,24,28,38H,4-5,10-17,20,22H2,1-3H3. The number of likely N-dealkylation sites (tertiary alicyclic amines) is 2. The van der Waals surface area contributed by atoms with Crippen LogP contribution in [0.1, 0.15) is 71.3 Å². The summed E-state index contributed by atoms with van der Waals surface area (Å²) in [7, 11) is 0. The fraction of sp³-hybridized carbons (Fsp3) is 0.562. The van der Waals surface area contributed by atoms with Gasteiger partial charge in [0.25, 0.3) is 0 Å². The molecule has 0 saturated carbocycles. The zero-order valence-electron chi connectivity index (χ0n) is 24.0. The maximum Gasteiger partial charge on any atom is 0.226 e. The van der Waals surface area contributed by atoms with E-state index in [9.17, 15) is 19.1 Å². The molecular weight excluding hydrogens is 511 g/mol. The Kier molecular flexibility index (Phi) is 10.1. The first-order valence-corrected chi connectivity index (χ1v) is 14.7. The summed E-state index contributed by atoms with van der Waals surface area (Å²) in [4.78, 5) is 28.7. The van der Waals surface area contributed by atoms with Gasteiger partial charge in [-0.3, -0.25) is 9.59 Å². The van der Waals surface area contributed by atoms with Gasteiger partial charge in [-0.25, -0.2) is 4.39 Å². The van der Waals surface area contributed by atoms with Gasteiger partial charge in [0.1, 0.15) is 29.2 Å². The number of rotatable bonds is 10. The minimum Gasteiger partial charge on any atom is -0.490 e. The summed E-state index contributed by atoms with van der Waals surface area (Å²) in [6.07, 6.45) is 5.68. The zero-order chi connectivity index (χ0) is 28.7. The largest absolute Gasteiger partial charge is 0.490 e. The molecule has 2 heterocycles. The Morgan fingerprint density at radius 2 is 1.57 bits per heavy atom. The van der Waals surface area contributed by atoms with E-state index in [2.05, 4.69) is 13.8 Å². The number of hydrogen-bond acceptors (Lipinski definition) is 5. The number of carbonyl (C=O) groups is 2. The second-order valence-electron chi connectivity index (χ2n) is 11.4. The maximum atomic E-state index is 13.4. The Bertz CT molecular complexity index is 1130. The molecule has 218 valence electrons. The van der Waals surface area contributed by atoms with Crippen LogP contribution in [-0.2, 0) is 16.0 Å². The van der Waals surface area contributed by atoms with Crippen molar-refractivity contribution in [3.63, 3.8) is 0 Å². The SMILES string of the molecule is CCC(CC)CC1(O)CCN(C(=O)Cc2cc(Oc3ccc(F)cc3)cc(OC3CCN(C(C)=O)CC3)c2)CC1. The first kappa shape index (κ1) is 29.8. The van der Waals surface area contributed by atoms with Crippen LogP contribution in [0.2, 0.25) is 0 Å². The van der Waals surface area contributed by atoms with Gasteiger partial charge < -0.3 is 24.4 Å². The third-order valence-corrected chi connectivity index (χ3v) is 8.40. The third-order valence-electron chi connectivity index (χ3n) is 8.40. The molecule has 2 amide bonds. The van der Waals surface area contributed by atoms with Crippen LogP contribution in [0.25, 0.3) is 0 Å². The number of piperidine rings is 2. The second-order valence-corrected chi connectivity index (χ2v) is 11.4. The van der Waals surface area contributed by atoms with E-state index in [4.69, 9.17) is 9.47 Å². The highest BCUT2D eigenvalue weighted by molar-refractivity contribution is 5.79. The molecule has 2 aliphatic heterocycles. The van der Waals surface area contributed by atoms with Gasteiger partial charge in [-0.05, 0) is 67.1 Å². The lowest BCUT2D eigenvalue weighted by atomic mass is 9.81. The highest BCUT2D eigenvalue weighted by atomic mass is 19.1. The maximum absolute atomic E-state index is 13.4. The predicted molar refractivity (Wildman–Crippen MR) is 152 cm³/mol. The molecule has 1 N–H and O–H groups in total. The molecular formula is C32H43FN2O5. The number of ether oxygens (including phenoxy) is 2. The van der Waals surface area contributed by atoms with Crippen LogP contribution in [0.5, 0.6) is 17.2 Å². The van der Waals surface area contributed by atoms with E-state index < -0.39 is 5.60 Å². The lowest BCUT2D eigenvalue weighted by Gasteiger charge is -2.40. The van der Waals surface area contributed by atoms with Crippen molar-refractivity contribution in [1.82, 2.24) is 9.80 Å². The molecule has 2 fully saturated rings. The molecule has 0 unspecified atom stereocenters. The number of aliphatic hydroxyl groups is 1. The van der Waals surface area contributed by atoms with E-state index in [0.717, 1.165) is 37.7 Å². The van der Waals surface area contributed by atoms with Crippen LogP contribution >= 0.6 is 0 Å². The summed E-state index contributed by atoms with van der Waals surface area (Å²) in [5, 5.41) is 11.1. The molecule has 0 bridgehead atoms. The highest BCUT2D eigenvalue weighted by Crippen LogP contribution is 2.33. The van der Waals surface area contributed by atoms with E-state index in [1.807, 2.05) is 21.9 Å². The van der Waals surface area contributed by atoms with Crippen molar-refractivity contribution in [2.75, 3.05) is 26.2 Å². The Balaban J connectivity index is 1.44. The summed E-state index contributed by atoms with van der Waals surface area (Å²) in [5.74, 6) is 1.82. The number of nitrogens with zero attached hydrogens (tertiary/aromatic N) is 2. The van der Waals surface area contributed by atoms with Crippen molar-refractivity contribution >= 4 is 11.8 Å². The first-order chi connectivity index (χ1) is 19.2. The normalized spacial score (nSPS) is 17.6. The van der Waals surface area contributed by atoms with Crippen LogP contribution in [0.15, 0.2) is 42.5 Å². The molecule has 7 nitrogen and oxygen atoms in total. The molecule has 2 saturated heterocycles. The van der Waals surface area contributed by atoms with Gasteiger partial charge in [0, 0.05) is 52.0 Å². The molecule has 0 aromatic heterocycles. The van der Waals surface area contributed by atoms with Crippen molar-refractivity contribution in [2.24, 2.45) is 5.92 Å². The van der Waals surface area contributed by atoms with Crippen molar-refractivity contribution in [2.45, 2.75) is 83.8 Å². The Labute approximate surface area is 237 Å². The quantitative estimate of drug-likeness (QED) is 0.406. The second kappa shape index (κ2) is 13.5. The number of amides is 2. The minimum atomic E-state index is -0.699. The molecule has 2 aliphatic rings.